The van der Waals surface area contributed by atoms with Crippen molar-refractivity contribution < 1.29 is 0 Å². The fourth-order valence-corrected chi connectivity index (χ4v) is 2.16. The second kappa shape index (κ2) is 8.46. The third-order valence-corrected chi connectivity index (χ3v) is 3.38. The number of hydrogen-bond donors (Lipinski definition) is 1. The van der Waals surface area contributed by atoms with Crippen molar-refractivity contribution in [2.75, 3.05) is 19.6 Å². The van der Waals surface area contributed by atoms with E-state index in [4.69, 9.17) is 0 Å². The molecule has 0 atom stereocenters. The van der Waals surface area contributed by atoms with Crippen LogP contribution in [0.2, 0.25) is 0 Å². The molecule has 0 saturated carbocycles. The van der Waals surface area contributed by atoms with Crippen LogP contribution in [-0.2, 0) is 13.1 Å². The van der Waals surface area contributed by atoms with Gasteiger partial charge in [0.2, 0.25) is 0 Å². The first-order valence-corrected chi connectivity index (χ1v) is 7.24. The van der Waals surface area contributed by atoms with Crippen LogP contribution in [0.5, 0.6) is 0 Å². The van der Waals surface area contributed by atoms with Crippen LogP contribution in [0.1, 0.15) is 18.1 Å². The Morgan fingerprint density at radius 2 is 1.75 bits per heavy atom. The standard InChI is InChI=1S/C17H23N3/c1-2-20(15-17-8-10-18-11-9-17)13-12-19-14-16-6-4-3-5-7-16/h3-11,19H,2,12-15H2,1H3. The van der Waals surface area contributed by atoms with Crippen LogP contribution in [-0.4, -0.2) is 29.5 Å². The molecule has 0 aliphatic heterocycles. The highest BCUT2D eigenvalue weighted by molar-refractivity contribution is 5.14. The Hall–Kier alpha value is -1.71. The molecule has 0 unspecified atom stereocenters. The summed E-state index contributed by atoms with van der Waals surface area (Å²) in [7, 11) is 0. The number of pyridine rings is 1. The van der Waals surface area contributed by atoms with Crippen LogP contribution in [0.3, 0.4) is 0 Å². The number of hydrogen-bond acceptors (Lipinski definition) is 3. The molecular formula is C17H23N3. The molecule has 1 heterocycles. The van der Waals surface area contributed by atoms with Crippen LogP contribution >= 0.6 is 0 Å². The highest BCUT2D eigenvalue weighted by Gasteiger charge is 2.03. The van der Waals surface area contributed by atoms with Gasteiger partial charge in [-0.2, -0.15) is 0 Å². The number of nitrogens with zero attached hydrogens (tertiary/aromatic N) is 2. The Balaban J connectivity index is 1.69. The van der Waals surface area contributed by atoms with E-state index >= 15 is 0 Å². The van der Waals surface area contributed by atoms with E-state index in [9.17, 15) is 0 Å². The summed E-state index contributed by atoms with van der Waals surface area (Å²) in [4.78, 5) is 6.49. The summed E-state index contributed by atoms with van der Waals surface area (Å²) < 4.78 is 0. The Morgan fingerprint density at radius 3 is 2.45 bits per heavy atom. The van der Waals surface area contributed by atoms with Crippen molar-refractivity contribution in [2.24, 2.45) is 0 Å². The van der Waals surface area contributed by atoms with Gasteiger partial charge >= 0.3 is 0 Å². The fraction of sp³-hybridized carbons (Fsp3) is 0.353. The van der Waals surface area contributed by atoms with Crippen LogP contribution in [0.4, 0.5) is 0 Å². The minimum Gasteiger partial charge on any atom is -0.311 e. The summed E-state index contributed by atoms with van der Waals surface area (Å²) in [5.41, 5.74) is 2.66. The maximum absolute atomic E-state index is 4.06. The minimum atomic E-state index is 0.938. The summed E-state index contributed by atoms with van der Waals surface area (Å²) in [6, 6.07) is 14.7. The van der Waals surface area contributed by atoms with Gasteiger partial charge in [0.25, 0.3) is 0 Å². The minimum absolute atomic E-state index is 0.938. The van der Waals surface area contributed by atoms with Crippen LogP contribution < -0.4 is 5.32 Å². The number of benzene rings is 1. The molecular weight excluding hydrogens is 246 g/mol. The lowest BCUT2D eigenvalue weighted by Crippen LogP contribution is -2.31. The summed E-state index contributed by atoms with van der Waals surface area (Å²) in [6.07, 6.45) is 3.72. The third-order valence-electron chi connectivity index (χ3n) is 3.38. The van der Waals surface area contributed by atoms with Gasteiger partial charge in [0, 0.05) is 38.6 Å². The van der Waals surface area contributed by atoms with Gasteiger partial charge in [-0.1, -0.05) is 37.3 Å². The van der Waals surface area contributed by atoms with Crippen molar-refractivity contribution in [1.29, 1.82) is 0 Å². The van der Waals surface area contributed by atoms with Gasteiger partial charge in [-0.15, -0.1) is 0 Å². The van der Waals surface area contributed by atoms with E-state index in [1.807, 2.05) is 12.4 Å². The maximum Gasteiger partial charge on any atom is 0.0271 e. The first-order chi connectivity index (χ1) is 9.88. The average molecular weight is 269 g/mol. The van der Waals surface area contributed by atoms with Gasteiger partial charge in [-0.05, 0) is 29.8 Å². The van der Waals surface area contributed by atoms with E-state index in [2.05, 4.69) is 64.6 Å². The lowest BCUT2D eigenvalue weighted by Gasteiger charge is -2.20. The molecule has 2 aromatic rings. The normalized spacial score (nSPS) is 10.9. The van der Waals surface area contributed by atoms with E-state index in [1.54, 1.807) is 0 Å². The Labute approximate surface area is 121 Å². The van der Waals surface area contributed by atoms with Gasteiger partial charge in [-0.3, -0.25) is 9.88 Å². The van der Waals surface area contributed by atoms with Crippen LogP contribution in [0.25, 0.3) is 0 Å². The van der Waals surface area contributed by atoms with Gasteiger partial charge in [-0.25, -0.2) is 0 Å². The third kappa shape index (κ3) is 5.11. The zero-order valence-electron chi connectivity index (χ0n) is 12.1. The quantitative estimate of drug-likeness (QED) is 0.747. The molecule has 3 nitrogen and oxygen atoms in total. The van der Waals surface area contributed by atoms with Crippen molar-refractivity contribution in [3.8, 4) is 0 Å². The molecule has 0 aliphatic rings. The van der Waals surface area contributed by atoms with Gasteiger partial charge in [0.1, 0.15) is 0 Å². The second-order valence-electron chi connectivity index (χ2n) is 4.89. The number of nitrogens with one attached hydrogen (secondary N) is 1. The van der Waals surface area contributed by atoms with Crippen molar-refractivity contribution in [3.63, 3.8) is 0 Å². The summed E-state index contributed by atoms with van der Waals surface area (Å²) in [6.45, 7) is 7.27. The summed E-state index contributed by atoms with van der Waals surface area (Å²) >= 11 is 0. The SMILES string of the molecule is CCN(CCNCc1ccccc1)Cc1ccncc1. The molecule has 0 amide bonds. The monoisotopic (exact) mass is 269 g/mol. The molecule has 0 bridgehead atoms. The molecule has 3 heteroatoms. The predicted octanol–water partition coefficient (Wildman–Crippen LogP) is 2.69. The smallest absolute Gasteiger partial charge is 0.0271 e. The van der Waals surface area contributed by atoms with Gasteiger partial charge < -0.3 is 5.32 Å². The highest BCUT2D eigenvalue weighted by atomic mass is 15.1. The number of aromatic nitrogens is 1. The molecule has 20 heavy (non-hydrogen) atoms. The van der Waals surface area contributed by atoms with Crippen molar-refractivity contribution in [2.45, 2.75) is 20.0 Å². The average Bonchev–Trinajstić information content (AvgIpc) is 2.52. The molecule has 0 spiro atoms. The molecule has 1 aromatic carbocycles. The van der Waals surface area contributed by atoms with E-state index < -0.39 is 0 Å². The Kier molecular flexibility index (Phi) is 6.21. The van der Waals surface area contributed by atoms with Crippen molar-refractivity contribution >= 4 is 0 Å². The van der Waals surface area contributed by atoms with Crippen LogP contribution in [0, 0.1) is 0 Å². The second-order valence-corrected chi connectivity index (χ2v) is 4.89. The van der Waals surface area contributed by atoms with E-state index in [0.29, 0.717) is 0 Å². The lowest BCUT2D eigenvalue weighted by molar-refractivity contribution is 0.279. The number of rotatable bonds is 8. The molecule has 0 aliphatic carbocycles. The topological polar surface area (TPSA) is 28.2 Å². The number of likely N-dealkylation sites (N-methyl/N-ethyl adjacent to an activating group) is 1. The molecule has 1 aromatic heterocycles. The van der Waals surface area contributed by atoms with Gasteiger partial charge in [0.05, 0.1) is 0 Å². The molecule has 106 valence electrons. The Morgan fingerprint density at radius 1 is 1.00 bits per heavy atom. The van der Waals surface area contributed by atoms with E-state index in [1.165, 1.54) is 11.1 Å². The Bertz CT molecular complexity index is 470. The fourth-order valence-electron chi connectivity index (χ4n) is 2.16. The summed E-state index contributed by atoms with van der Waals surface area (Å²) in [5, 5.41) is 3.50. The largest absolute Gasteiger partial charge is 0.311 e. The molecule has 0 fully saturated rings. The molecule has 0 radical (unpaired) electrons. The van der Waals surface area contributed by atoms with E-state index in [0.717, 1.165) is 32.7 Å². The van der Waals surface area contributed by atoms with Crippen molar-refractivity contribution in [1.82, 2.24) is 15.2 Å². The summed E-state index contributed by atoms with van der Waals surface area (Å²) in [5.74, 6) is 0. The highest BCUT2D eigenvalue weighted by Crippen LogP contribution is 2.02. The van der Waals surface area contributed by atoms with E-state index in [-0.39, 0.29) is 0 Å². The first-order valence-electron chi connectivity index (χ1n) is 7.24. The van der Waals surface area contributed by atoms with Crippen LogP contribution in [0.15, 0.2) is 54.9 Å². The zero-order valence-corrected chi connectivity index (χ0v) is 12.1. The molecule has 0 saturated heterocycles. The maximum atomic E-state index is 4.06. The van der Waals surface area contributed by atoms with Gasteiger partial charge in [0.15, 0.2) is 0 Å². The predicted molar refractivity (Wildman–Crippen MR) is 83.3 cm³/mol. The lowest BCUT2D eigenvalue weighted by atomic mass is 10.2. The molecule has 1 N–H and O–H groups in total. The first kappa shape index (κ1) is 14.7. The zero-order chi connectivity index (χ0) is 14.0. The molecule has 2 rings (SSSR count). The van der Waals surface area contributed by atoms with Crippen molar-refractivity contribution in [3.05, 3.63) is 66.0 Å².